The highest BCUT2D eigenvalue weighted by molar-refractivity contribution is 5.75. The molecule has 4 N–H and O–H groups in total. The van der Waals surface area contributed by atoms with Gasteiger partial charge in [0.2, 0.25) is 0 Å². The van der Waals surface area contributed by atoms with Crippen molar-refractivity contribution in [2.45, 2.75) is 31.7 Å². The molecule has 0 aliphatic heterocycles. The van der Waals surface area contributed by atoms with Crippen LogP contribution < -0.4 is 5.73 Å². The number of nitrogens with zero attached hydrogens (tertiary/aromatic N) is 1. The number of pyridine rings is 1. The summed E-state index contributed by atoms with van der Waals surface area (Å²) in [5.74, 6) is -3.23. The number of carbonyl (C=O) groups is 2. The first-order valence-electron chi connectivity index (χ1n) is 6.65. The van der Waals surface area contributed by atoms with Gasteiger partial charge in [0.25, 0.3) is 0 Å². The molecule has 0 aliphatic carbocycles. The fourth-order valence-corrected chi connectivity index (χ4v) is 1.93. The summed E-state index contributed by atoms with van der Waals surface area (Å²) in [6, 6.07) is 2.24. The highest BCUT2D eigenvalue weighted by atomic mass is 19.1. The third-order valence-electron chi connectivity index (χ3n) is 3.15. The quantitative estimate of drug-likeness (QED) is 0.627. The summed E-state index contributed by atoms with van der Waals surface area (Å²) in [6.07, 6.45) is 2.54. The lowest BCUT2D eigenvalue weighted by molar-refractivity contribution is -0.143. The number of carboxylic acid groups (broad SMARTS) is 2. The number of hydrogen-bond donors (Lipinski definition) is 3. The maximum atomic E-state index is 12.1. The maximum absolute atomic E-state index is 12.1. The van der Waals surface area contributed by atoms with Crippen molar-refractivity contribution in [3.05, 3.63) is 29.6 Å². The molecule has 7 heteroatoms. The van der Waals surface area contributed by atoms with Crippen LogP contribution in [-0.4, -0.2) is 39.9 Å². The van der Waals surface area contributed by atoms with Gasteiger partial charge in [-0.25, -0.2) is 0 Å². The van der Waals surface area contributed by atoms with E-state index in [-0.39, 0.29) is 12.8 Å². The second-order valence-corrected chi connectivity index (χ2v) is 4.87. The summed E-state index contributed by atoms with van der Waals surface area (Å²) in [6.45, 7) is -0.393. The van der Waals surface area contributed by atoms with E-state index in [9.17, 15) is 14.0 Å². The Morgan fingerprint density at radius 1 is 1.29 bits per heavy atom. The average molecular weight is 298 g/mol. The second-order valence-electron chi connectivity index (χ2n) is 4.87. The number of carboxylic acids is 2. The van der Waals surface area contributed by atoms with Crippen LogP contribution in [0.25, 0.3) is 0 Å². The van der Waals surface area contributed by atoms with Crippen molar-refractivity contribution in [2.75, 3.05) is 6.67 Å². The first-order valence-corrected chi connectivity index (χ1v) is 6.65. The van der Waals surface area contributed by atoms with Crippen LogP contribution in [0.5, 0.6) is 0 Å². The fourth-order valence-electron chi connectivity index (χ4n) is 1.93. The van der Waals surface area contributed by atoms with Crippen LogP contribution in [-0.2, 0) is 22.4 Å². The van der Waals surface area contributed by atoms with E-state index in [2.05, 4.69) is 4.98 Å². The molecule has 0 saturated carbocycles. The van der Waals surface area contributed by atoms with Gasteiger partial charge in [0, 0.05) is 18.3 Å². The van der Waals surface area contributed by atoms with E-state index in [0.717, 1.165) is 5.56 Å². The maximum Gasteiger partial charge on any atom is 0.320 e. The van der Waals surface area contributed by atoms with Crippen molar-refractivity contribution >= 4 is 11.9 Å². The Morgan fingerprint density at radius 3 is 2.48 bits per heavy atom. The van der Waals surface area contributed by atoms with Crippen LogP contribution >= 0.6 is 0 Å². The Labute approximate surface area is 121 Å². The number of aliphatic carboxylic acids is 2. The molecule has 1 rings (SSSR count). The standard InChI is InChI=1S/C14H19FN2O4/c15-5-1-2-9-3-4-11(17-8-9)6-10(13(18)19)7-12(16)14(20)21/h3-4,8,10,12H,1-2,5-7,16H2,(H,18,19)(H,20,21)/t10-,12-/m0/s1. The van der Waals surface area contributed by atoms with E-state index in [0.29, 0.717) is 18.5 Å². The molecule has 0 saturated heterocycles. The minimum atomic E-state index is -1.23. The number of rotatable bonds is 9. The van der Waals surface area contributed by atoms with E-state index < -0.39 is 30.6 Å². The van der Waals surface area contributed by atoms with Gasteiger partial charge < -0.3 is 15.9 Å². The van der Waals surface area contributed by atoms with Crippen LogP contribution in [0, 0.1) is 5.92 Å². The third-order valence-corrected chi connectivity index (χ3v) is 3.15. The molecule has 0 fully saturated rings. The molecule has 1 heterocycles. The first kappa shape index (κ1) is 17.0. The van der Waals surface area contributed by atoms with Gasteiger partial charge in [0.1, 0.15) is 6.04 Å². The number of nitrogens with two attached hydrogens (primary N) is 1. The van der Waals surface area contributed by atoms with Gasteiger partial charge >= 0.3 is 11.9 Å². The topological polar surface area (TPSA) is 114 Å². The van der Waals surface area contributed by atoms with Crippen LogP contribution in [0.4, 0.5) is 4.39 Å². The predicted molar refractivity (Wildman–Crippen MR) is 73.6 cm³/mol. The zero-order chi connectivity index (χ0) is 15.8. The molecule has 0 bridgehead atoms. The Hall–Kier alpha value is -2.02. The normalized spacial score (nSPS) is 13.6. The molecule has 1 aromatic rings. The SMILES string of the molecule is N[C@@H](C[C@H](Cc1ccc(CCCF)cn1)C(=O)O)C(=O)O. The van der Waals surface area contributed by atoms with Crippen molar-refractivity contribution < 1.29 is 24.2 Å². The molecule has 1 aromatic heterocycles. The van der Waals surface area contributed by atoms with E-state index in [1.165, 1.54) is 0 Å². The molecule has 2 atom stereocenters. The number of hydrogen-bond acceptors (Lipinski definition) is 4. The molecule has 0 spiro atoms. The van der Waals surface area contributed by atoms with Gasteiger partial charge in [0.05, 0.1) is 12.6 Å². The molecule has 0 amide bonds. The Morgan fingerprint density at radius 2 is 2.00 bits per heavy atom. The number of aromatic nitrogens is 1. The summed E-state index contributed by atoms with van der Waals surface area (Å²) in [5, 5.41) is 17.9. The third kappa shape index (κ3) is 5.86. The molecule has 0 unspecified atom stereocenters. The largest absolute Gasteiger partial charge is 0.481 e. The smallest absolute Gasteiger partial charge is 0.320 e. The van der Waals surface area contributed by atoms with Crippen molar-refractivity contribution in [1.29, 1.82) is 0 Å². The van der Waals surface area contributed by atoms with Crippen LogP contribution in [0.2, 0.25) is 0 Å². The van der Waals surface area contributed by atoms with Gasteiger partial charge in [-0.15, -0.1) is 0 Å². The van der Waals surface area contributed by atoms with Gasteiger partial charge in [-0.1, -0.05) is 6.07 Å². The van der Waals surface area contributed by atoms with E-state index in [1.807, 2.05) is 0 Å². The van der Waals surface area contributed by atoms with E-state index in [4.69, 9.17) is 15.9 Å². The van der Waals surface area contributed by atoms with Crippen molar-refractivity contribution in [1.82, 2.24) is 4.98 Å². The molecule has 0 aromatic carbocycles. The minimum Gasteiger partial charge on any atom is -0.481 e. The van der Waals surface area contributed by atoms with Crippen molar-refractivity contribution in [3.63, 3.8) is 0 Å². The molecule has 116 valence electrons. The highest BCUT2D eigenvalue weighted by Crippen LogP contribution is 2.14. The van der Waals surface area contributed by atoms with Gasteiger partial charge in [-0.2, -0.15) is 0 Å². The highest BCUT2D eigenvalue weighted by Gasteiger charge is 2.25. The number of halogens is 1. The van der Waals surface area contributed by atoms with Gasteiger partial charge in [-0.3, -0.25) is 19.0 Å². The van der Waals surface area contributed by atoms with Crippen LogP contribution in [0.15, 0.2) is 18.3 Å². The van der Waals surface area contributed by atoms with Crippen molar-refractivity contribution in [3.8, 4) is 0 Å². The molecule has 0 radical (unpaired) electrons. The number of aryl methyl sites for hydroxylation is 1. The molecule has 6 nitrogen and oxygen atoms in total. The Kier molecular flexibility index (Phi) is 6.74. The lowest BCUT2D eigenvalue weighted by Crippen LogP contribution is -2.35. The van der Waals surface area contributed by atoms with Gasteiger partial charge in [0.15, 0.2) is 0 Å². The summed E-state index contributed by atoms with van der Waals surface area (Å²) >= 11 is 0. The Bertz CT molecular complexity index is 478. The Balaban J connectivity index is 2.66. The van der Waals surface area contributed by atoms with E-state index in [1.54, 1.807) is 18.3 Å². The molecule has 21 heavy (non-hydrogen) atoms. The lowest BCUT2D eigenvalue weighted by atomic mass is 9.95. The summed E-state index contributed by atoms with van der Waals surface area (Å²) in [7, 11) is 0. The number of alkyl halides is 1. The fraction of sp³-hybridized carbons (Fsp3) is 0.500. The zero-order valence-electron chi connectivity index (χ0n) is 11.5. The molecular formula is C14H19FN2O4. The summed E-state index contributed by atoms with van der Waals surface area (Å²) < 4.78 is 12.1. The second kappa shape index (κ2) is 8.31. The predicted octanol–water partition coefficient (Wildman–Crippen LogP) is 1.03. The summed E-state index contributed by atoms with van der Waals surface area (Å²) in [4.78, 5) is 26.0. The van der Waals surface area contributed by atoms with Crippen LogP contribution in [0.3, 0.4) is 0 Å². The minimum absolute atomic E-state index is 0.111. The first-order chi connectivity index (χ1) is 9.93. The van der Waals surface area contributed by atoms with Crippen LogP contribution in [0.1, 0.15) is 24.1 Å². The van der Waals surface area contributed by atoms with Gasteiger partial charge in [-0.05, 0) is 30.9 Å². The van der Waals surface area contributed by atoms with Crippen molar-refractivity contribution in [2.24, 2.45) is 11.7 Å². The lowest BCUT2D eigenvalue weighted by Gasteiger charge is -2.14. The average Bonchev–Trinajstić information content (AvgIpc) is 2.45. The molecule has 0 aliphatic rings. The monoisotopic (exact) mass is 298 g/mol. The summed E-state index contributed by atoms with van der Waals surface area (Å²) in [5.41, 5.74) is 6.79. The zero-order valence-corrected chi connectivity index (χ0v) is 11.5. The molecular weight excluding hydrogens is 279 g/mol. The van der Waals surface area contributed by atoms with E-state index >= 15 is 0 Å².